The van der Waals surface area contributed by atoms with E-state index in [-0.39, 0.29) is 16.8 Å². The van der Waals surface area contributed by atoms with Gasteiger partial charge in [-0.2, -0.15) is 13.2 Å². The molecule has 1 saturated heterocycles. The monoisotopic (exact) mass is 553 g/mol. The van der Waals surface area contributed by atoms with Crippen LogP contribution in [0.4, 0.5) is 13.2 Å². The second-order valence-electron chi connectivity index (χ2n) is 11.5. The van der Waals surface area contributed by atoms with Crippen LogP contribution in [0.3, 0.4) is 0 Å². The number of rotatable bonds is 7. The second kappa shape index (κ2) is 11.5. The molecule has 2 aromatic rings. The highest BCUT2D eigenvalue weighted by Crippen LogP contribution is 2.38. The molecule has 0 radical (unpaired) electrons. The number of hydrogen-bond donors (Lipinski definition) is 2. The number of benzene rings is 1. The predicted molar refractivity (Wildman–Crippen MR) is 142 cm³/mol. The third kappa shape index (κ3) is 6.87. The molecular weight excluding hydrogens is 515 g/mol. The summed E-state index contributed by atoms with van der Waals surface area (Å²) in [6.07, 6.45) is 1.17. The molecule has 0 bridgehead atoms. The lowest BCUT2D eigenvalue weighted by Crippen LogP contribution is -2.39. The summed E-state index contributed by atoms with van der Waals surface area (Å²) in [5.74, 6) is 0.195. The van der Waals surface area contributed by atoms with Crippen LogP contribution in [0, 0.1) is 12.8 Å². The highest BCUT2D eigenvalue weighted by atomic mass is 32.2. The smallest absolute Gasteiger partial charge is 0.381 e. The van der Waals surface area contributed by atoms with E-state index in [1.807, 2.05) is 11.5 Å². The minimum absolute atomic E-state index is 0.0127. The quantitative estimate of drug-likeness (QED) is 0.442. The number of carbonyl (C=O) groups excluding carboxylic acids is 1. The maximum Gasteiger partial charge on any atom is 0.417 e. The lowest BCUT2D eigenvalue weighted by Gasteiger charge is -2.23. The molecule has 2 heterocycles. The normalized spacial score (nSPS) is 18.6. The molecule has 1 aliphatic carbocycles. The van der Waals surface area contributed by atoms with Gasteiger partial charge >= 0.3 is 6.18 Å². The SMILES string of the molecule is Cc1c(C(=O)NC2CCOCC2)cc(-c2ccc(S(=O)NC(C)(C)C)c(C(F)(F)F)c2)n1CC1CCCC1. The molecule has 1 saturated carbocycles. The molecule has 2 aliphatic rings. The lowest BCUT2D eigenvalue weighted by atomic mass is 10.1. The van der Waals surface area contributed by atoms with E-state index >= 15 is 0 Å². The summed E-state index contributed by atoms with van der Waals surface area (Å²) in [4.78, 5) is 13.0. The number of halogens is 3. The van der Waals surface area contributed by atoms with Gasteiger partial charge in [0.25, 0.3) is 5.91 Å². The molecule has 1 aliphatic heterocycles. The zero-order valence-corrected chi connectivity index (χ0v) is 23.4. The van der Waals surface area contributed by atoms with Gasteiger partial charge in [-0.05, 0) is 83.1 Å². The van der Waals surface area contributed by atoms with Crippen molar-refractivity contribution in [2.45, 2.75) is 95.4 Å². The van der Waals surface area contributed by atoms with Gasteiger partial charge < -0.3 is 14.6 Å². The van der Waals surface area contributed by atoms with Crippen LogP contribution in [-0.2, 0) is 28.4 Å². The van der Waals surface area contributed by atoms with Crippen LogP contribution in [0.15, 0.2) is 29.2 Å². The summed E-state index contributed by atoms with van der Waals surface area (Å²) >= 11 is 0. The molecule has 1 amide bonds. The van der Waals surface area contributed by atoms with Gasteiger partial charge in [-0.25, -0.2) is 8.93 Å². The number of nitrogens with zero attached hydrogens (tertiary/aromatic N) is 1. The first-order chi connectivity index (χ1) is 17.8. The standard InChI is InChI=1S/C28H38F3N3O3S/c1-18-22(26(35)32-21-11-13-37-14-12-21)16-24(34(18)17-19-7-5-6-8-19)20-9-10-25(23(15-20)28(29,30)31)38(36)33-27(2,3)4/h9-10,15-16,19,21,33H,5-8,11-14,17H2,1-4H3,(H,32,35). The van der Waals surface area contributed by atoms with Gasteiger partial charge in [0.2, 0.25) is 0 Å². The predicted octanol–water partition coefficient (Wildman–Crippen LogP) is 5.99. The Morgan fingerprint density at radius 3 is 2.34 bits per heavy atom. The van der Waals surface area contributed by atoms with Crippen molar-refractivity contribution in [2.75, 3.05) is 13.2 Å². The fraction of sp³-hybridized carbons (Fsp3) is 0.607. The molecule has 0 spiro atoms. The maximum atomic E-state index is 14.2. The first-order valence-electron chi connectivity index (χ1n) is 13.3. The third-order valence-electron chi connectivity index (χ3n) is 7.26. The minimum Gasteiger partial charge on any atom is -0.381 e. The molecular formula is C28H38F3N3O3S. The van der Waals surface area contributed by atoms with E-state index in [0.29, 0.717) is 42.5 Å². The summed E-state index contributed by atoms with van der Waals surface area (Å²) in [6, 6.07) is 5.65. The molecule has 210 valence electrons. The Morgan fingerprint density at radius 1 is 1.08 bits per heavy atom. The van der Waals surface area contributed by atoms with Gasteiger partial charge in [-0.1, -0.05) is 18.9 Å². The molecule has 6 nitrogen and oxygen atoms in total. The van der Waals surface area contributed by atoms with Crippen molar-refractivity contribution in [3.8, 4) is 11.3 Å². The second-order valence-corrected chi connectivity index (χ2v) is 12.7. The number of nitrogens with one attached hydrogen (secondary N) is 2. The van der Waals surface area contributed by atoms with Crippen molar-refractivity contribution >= 4 is 16.9 Å². The van der Waals surface area contributed by atoms with E-state index in [2.05, 4.69) is 10.0 Å². The highest BCUT2D eigenvalue weighted by Gasteiger charge is 2.36. The Morgan fingerprint density at radius 2 is 1.74 bits per heavy atom. The molecule has 2 N–H and O–H groups in total. The Hall–Kier alpha value is -2.17. The third-order valence-corrected chi connectivity index (χ3v) is 8.82. The van der Waals surface area contributed by atoms with Gasteiger partial charge in [0.05, 0.1) is 16.0 Å². The largest absolute Gasteiger partial charge is 0.417 e. The zero-order chi connectivity index (χ0) is 27.7. The van der Waals surface area contributed by atoms with Gasteiger partial charge in [-0.15, -0.1) is 0 Å². The lowest BCUT2D eigenvalue weighted by molar-refractivity contribution is -0.139. The van der Waals surface area contributed by atoms with Gasteiger partial charge in [0.1, 0.15) is 11.0 Å². The first-order valence-corrected chi connectivity index (χ1v) is 14.5. The molecule has 1 unspecified atom stereocenters. The fourth-order valence-corrected chi connectivity index (χ4v) is 6.54. The van der Waals surface area contributed by atoms with Crippen LogP contribution in [0.5, 0.6) is 0 Å². The van der Waals surface area contributed by atoms with Crippen LogP contribution in [0.1, 0.15) is 80.9 Å². The summed E-state index contributed by atoms with van der Waals surface area (Å²) in [7, 11) is -2.05. The fourth-order valence-electron chi connectivity index (χ4n) is 5.31. The van der Waals surface area contributed by atoms with Gasteiger partial charge in [-0.3, -0.25) is 4.79 Å². The van der Waals surface area contributed by atoms with E-state index in [4.69, 9.17) is 4.74 Å². The Labute approximate surface area is 225 Å². The Balaban J connectivity index is 1.75. The number of amides is 1. The zero-order valence-electron chi connectivity index (χ0n) is 22.5. The van der Waals surface area contributed by atoms with Gasteiger partial charge in [0, 0.05) is 42.7 Å². The van der Waals surface area contributed by atoms with E-state index in [0.717, 1.165) is 50.3 Å². The van der Waals surface area contributed by atoms with Crippen LogP contribution in [0.25, 0.3) is 11.3 Å². The number of alkyl halides is 3. The van der Waals surface area contributed by atoms with Crippen molar-refractivity contribution < 1.29 is 26.9 Å². The van der Waals surface area contributed by atoms with Gasteiger partial charge in [0.15, 0.2) is 0 Å². The molecule has 1 aromatic heterocycles. The van der Waals surface area contributed by atoms with Crippen molar-refractivity contribution in [1.29, 1.82) is 0 Å². The Bertz CT molecular complexity index is 1170. The Kier molecular flexibility index (Phi) is 8.74. The average molecular weight is 554 g/mol. The molecule has 38 heavy (non-hydrogen) atoms. The number of carbonyl (C=O) groups is 1. The molecule has 1 aromatic carbocycles. The van der Waals surface area contributed by atoms with Crippen LogP contribution >= 0.6 is 0 Å². The first kappa shape index (κ1) is 28.8. The molecule has 2 fully saturated rings. The maximum absolute atomic E-state index is 14.2. The van der Waals surface area contributed by atoms with Crippen molar-refractivity contribution in [1.82, 2.24) is 14.6 Å². The van der Waals surface area contributed by atoms with Crippen LogP contribution < -0.4 is 10.0 Å². The molecule has 4 rings (SSSR count). The molecule has 10 heteroatoms. The van der Waals surface area contributed by atoms with E-state index < -0.39 is 28.3 Å². The highest BCUT2D eigenvalue weighted by molar-refractivity contribution is 7.83. The number of ether oxygens (including phenoxy) is 1. The van der Waals surface area contributed by atoms with Crippen molar-refractivity contribution in [3.63, 3.8) is 0 Å². The summed E-state index contributed by atoms with van der Waals surface area (Å²) in [6.45, 7) is 8.94. The minimum atomic E-state index is -4.69. The topological polar surface area (TPSA) is 72.4 Å². The number of aromatic nitrogens is 1. The van der Waals surface area contributed by atoms with E-state index in [1.54, 1.807) is 32.9 Å². The average Bonchev–Trinajstić information content (AvgIpc) is 3.46. The number of hydrogen-bond acceptors (Lipinski definition) is 3. The van der Waals surface area contributed by atoms with Crippen LogP contribution in [0.2, 0.25) is 0 Å². The van der Waals surface area contributed by atoms with E-state index in [9.17, 15) is 22.2 Å². The summed E-state index contributed by atoms with van der Waals surface area (Å²) in [5, 5.41) is 3.08. The summed E-state index contributed by atoms with van der Waals surface area (Å²) in [5.41, 5.74) is 0.557. The van der Waals surface area contributed by atoms with E-state index in [1.165, 1.54) is 6.07 Å². The van der Waals surface area contributed by atoms with Crippen molar-refractivity contribution in [2.24, 2.45) is 5.92 Å². The van der Waals surface area contributed by atoms with Crippen LogP contribution in [-0.4, -0.2) is 39.5 Å². The molecule has 1 atom stereocenters. The summed E-state index contributed by atoms with van der Waals surface area (Å²) < 4.78 is 65.5. The van der Waals surface area contributed by atoms with Crippen molar-refractivity contribution in [3.05, 3.63) is 41.1 Å².